The molecule has 0 amide bonds. The van der Waals surface area contributed by atoms with Crippen LogP contribution in [0.4, 0.5) is 5.69 Å². The molecule has 136 valence electrons. The number of morpholine rings is 1. The van der Waals surface area contributed by atoms with Crippen molar-refractivity contribution in [1.29, 1.82) is 0 Å². The van der Waals surface area contributed by atoms with E-state index in [2.05, 4.69) is 35.5 Å². The van der Waals surface area contributed by atoms with E-state index in [0.717, 1.165) is 38.4 Å². The van der Waals surface area contributed by atoms with Gasteiger partial charge >= 0.3 is 0 Å². The number of ether oxygens (including phenoxy) is 2. The van der Waals surface area contributed by atoms with Gasteiger partial charge < -0.3 is 19.7 Å². The molecule has 0 bridgehead atoms. The van der Waals surface area contributed by atoms with Crippen molar-refractivity contribution in [2.45, 2.75) is 18.9 Å². The third-order valence-corrected chi connectivity index (χ3v) is 3.83. The van der Waals surface area contributed by atoms with Crippen molar-refractivity contribution in [1.82, 2.24) is 5.32 Å². The number of anilines is 1. The molecule has 0 aliphatic carbocycles. The summed E-state index contributed by atoms with van der Waals surface area (Å²) in [5.41, 5.74) is 2.66. The summed E-state index contributed by atoms with van der Waals surface area (Å²) < 4.78 is 37.5. The normalized spacial score (nSPS) is 20.6. The molecule has 24 heavy (non-hydrogen) atoms. The maximum absolute atomic E-state index is 9.19. The van der Waals surface area contributed by atoms with Gasteiger partial charge in [0.25, 0.3) is 10.1 Å². The average Bonchev–Trinajstić information content (AvgIpc) is 2.52. The van der Waals surface area contributed by atoms with E-state index >= 15 is 0 Å². The molecule has 0 radical (unpaired) electrons. The molecule has 7 nitrogen and oxygen atoms in total. The highest BCUT2D eigenvalue weighted by Crippen LogP contribution is 2.35. The minimum absolute atomic E-state index is 0.165. The topological polar surface area (TPSA) is 88.1 Å². The van der Waals surface area contributed by atoms with Gasteiger partial charge in [-0.15, -0.1) is 0 Å². The van der Waals surface area contributed by atoms with Gasteiger partial charge in [-0.2, -0.15) is 8.42 Å². The minimum Gasteiger partial charge on any atom is -0.489 e. The van der Waals surface area contributed by atoms with Crippen LogP contribution in [0.1, 0.15) is 12.0 Å². The van der Waals surface area contributed by atoms with Crippen LogP contribution in [-0.2, 0) is 21.3 Å². The fraction of sp³-hybridized carbons (Fsp3) is 0.625. The van der Waals surface area contributed by atoms with E-state index in [4.69, 9.17) is 14.0 Å². The Morgan fingerprint density at radius 2 is 2.21 bits per heavy atom. The third kappa shape index (κ3) is 6.27. The second kappa shape index (κ2) is 8.66. The van der Waals surface area contributed by atoms with E-state index in [-0.39, 0.29) is 6.10 Å². The summed E-state index contributed by atoms with van der Waals surface area (Å²) in [7, 11) is -1.52. The summed E-state index contributed by atoms with van der Waals surface area (Å²) in [6.45, 7) is 4.33. The molecule has 1 atom stereocenters. The quantitative estimate of drug-likeness (QED) is 0.778. The number of hydrogen-bond acceptors (Lipinski definition) is 6. The smallest absolute Gasteiger partial charge is 0.261 e. The standard InChI is InChI=1S/C15H22N2O2.CH4O3S/c1-17-8-3-5-12-4-2-6-14(15(12)17)19-11-13-10-16-7-9-18-13;1-5(2,3)4/h2,4,6,13,16H,3,5,7-11H2,1H3;1H3,(H,2,3,4)/t13-;/m1./s1. The summed E-state index contributed by atoms with van der Waals surface area (Å²) in [5.74, 6) is 0.994. The van der Waals surface area contributed by atoms with E-state index in [1.807, 2.05) is 0 Å². The molecule has 1 saturated heterocycles. The van der Waals surface area contributed by atoms with Crippen LogP contribution >= 0.6 is 0 Å². The number of benzene rings is 1. The zero-order valence-corrected chi connectivity index (χ0v) is 15.0. The molecule has 2 aliphatic heterocycles. The summed E-state index contributed by atoms with van der Waals surface area (Å²) in [6.07, 6.45) is 3.26. The molecule has 2 N–H and O–H groups in total. The number of fused-ring (bicyclic) bond motifs is 1. The first-order valence-electron chi connectivity index (χ1n) is 8.05. The highest BCUT2D eigenvalue weighted by atomic mass is 32.2. The second-order valence-electron chi connectivity index (χ2n) is 6.03. The zero-order valence-electron chi connectivity index (χ0n) is 14.2. The summed E-state index contributed by atoms with van der Waals surface area (Å²) >= 11 is 0. The van der Waals surface area contributed by atoms with Crippen LogP contribution < -0.4 is 15.0 Å². The first-order valence-corrected chi connectivity index (χ1v) is 9.90. The van der Waals surface area contributed by atoms with Gasteiger partial charge in [-0.3, -0.25) is 4.55 Å². The van der Waals surface area contributed by atoms with Crippen LogP contribution in [0.5, 0.6) is 5.75 Å². The minimum atomic E-state index is -3.67. The number of nitrogens with one attached hydrogen (secondary N) is 1. The number of para-hydroxylation sites is 1. The highest BCUT2D eigenvalue weighted by molar-refractivity contribution is 7.85. The Balaban J connectivity index is 0.000000368. The van der Waals surface area contributed by atoms with Gasteiger partial charge in [0, 0.05) is 26.7 Å². The van der Waals surface area contributed by atoms with Crippen molar-refractivity contribution < 1.29 is 22.4 Å². The maximum Gasteiger partial charge on any atom is 0.261 e. The van der Waals surface area contributed by atoms with Gasteiger partial charge in [-0.05, 0) is 24.5 Å². The zero-order chi connectivity index (χ0) is 17.6. The molecule has 1 aromatic rings. The molecule has 0 spiro atoms. The van der Waals surface area contributed by atoms with Crippen molar-refractivity contribution in [3.63, 3.8) is 0 Å². The van der Waals surface area contributed by atoms with Gasteiger partial charge in [0.05, 0.1) is 18.6 Å². The average molecular weight is 358 g/mol. The fourth-order valence-corrected chi connectivity index (χ4v) is 2.85. The molecule has 0 aromatic heterocycles. The molecular weight excluding hydrogens is 332 g/mol. The molecule has 3 rings (SSSR count). The van der Waals surface area contributed by atoms with Gasteiger partial charge in [0.2, 0.25) is 0 Å². The predicted molar refractivity (Wildman–Crippen MR) is 93.6 cm³/mol. The molecule has 2 aliphatic rings. The molecule has 0 saturated carbocycles. The van der Waals surface area contributed by atoms with Gasteiger partial charge in [0.15, 0.2) is 0 Å². The van der Waals surface area contributed by atoms with E-state index in [1.54, 1.807) is 0 Å². The van der Waals surface area contributed by atoms with Crippen LogP contribution in [0, 0.1) is 0 Å². The SMILES string of the molecule is CN1CCCc2cccc(OC[C@H]3CNCCO3)c21.CS(=O)(=O)O. The lowest BCUT2D eigenvalue weighted by molar-refractivity contribution is 0.000274. The van der Waals surface area contributed by atoms with Crippen molar-refractivity contribution in [3.05, 3.63) is 23.8 Å². The van der Waals surface area contributed by atoms with Crippen molar-refractivity contribution >= 4 is 15.8 Å². The largest absolute Gasteiger partial charge is 0.489 e. The lowest BCUT2D eigenvalue weighted by Gasteiger charge is -2.30. The van der Waals surface area contributed by atoms with Crippen molar-refractivity contribution in [2.24, 2.45) is 0 Å². The summed E-state index contributed by atoms with van der Waals surface area (Å²) in [6, 6.07) is 6.36. The lowest BCUT2D eigenvalue weighted by Crippen LogP contribution is -2.41. The molecular formula is C16H26N2O5S. The Morgan fingerprint density at radius 1 is 1.46 bits per heavy atom. The Bertz CT molecular complexity index is 621. The Labute approximate surface area is 143 Å². The van der Waals surface area contributed by atoms with Crippen LogP contribution in [-0.4, -0.2) is 65.2 Å². The number of hydrogen-bond donors (Lipinski definition) is 2. The second-order valence-corrected chi connectivity index (χ2v) is 7.50. The van der Waals surface area contributed by atoms with Crippen LogP contribution in [0.2, 0.25) is 0 Å². The van der Waals surface area contributed by atoms with E-state index in [0.29, 0.717) is 12.9 Å². The van der Waals surface area contributed by atoms with Crippen molar-refractivity contribution in [2.75, 3.05) is 51.1 Å². The lowest BCUT2D eigenvalue weighted by atomic mass is 10.0. The van der Waals surface area contributed by atoms with Crippen LogP contribution in [0.15, 0.2) is 18.2 Å². The highest BCUT2D eigenvalue weighted by Gasteiger charge is 2.20. The number of rotatable bonds is 3. The molecule has 2 heterocycles. The van der Waals surface area contributed by atoms with Gasteiger partial charge in [-0.1, -0.05) is 12.1 Å². The first kappa shape index (κ1) is 19.0. The Kier molecular flexibility index (Phi) is 6.85. The van der Waals surface area contributed by atoms with Gasteiger partial charge in [0.1, 0.15) is 18.5 Å². The predicted octanol–water partition coefficient (Wildman–Crippen LogP) is 0.940. The van der Waals surface area contributed by atoms with Crippen LogP contribution in [0.25, 0.3) is 0 Å². The monoisotopic (exact) mass is 358 g/mol. The molecule has 0 unspecified atom stereocenters. The van der Waals surface area contributed by atoms with Crippen molar-refractivity contribution in [3.8, 4) is 5.75 Å². The van der Waals surface area contributed by atoms with E-state index < -0.39 is 10.1 Å². The van der Waals surface area contributed by atoms with Gasteiger partial charge in [-0.25, -0.2) is 0 Å². The number of aryl methyl sites for hydroxylation is 1. The summed E-state index contributed by atoms with van der Waals surface area (Å²) in [4.78, 5) is 2.30. The third-order valence-electron chi connectivity index (χ3n) is 3.83. The first-order chi connectivity index (χ1) is 11.3. The van der Waals surface area contributed by atoms with E-state index in [9.17, 15) is 8.42 Å². The summed E-state index contributed by atoms with van der Waals surface area (Å²) in [5, 5.41) is 3.33. The Morgan fingerprint density at radius 3 is 2.88 bits per heavy atom. The molecule has 1 aromatic carbocycles. The maximum atomic E-state index is 9.19. The molecule has 1 fully saturated rings. The number of nitrogens with zero attached hydrogens (tertiary/aromatic N) is 1. The fourth-order valence-electron chi connectivity index (χ4n) is 2.85. The Hall–Kier alpha value is -1.35. The van der Waals surface area contributed by atoms with Crippen LogP contribution in [0.3, 0.4) is 0 Å². The molecule has 8 heteroatoms. The van der Waals surface area contributed by atoms with E-state index in [1.165, 1.54) is 17.7 Å².